The fourth-order valence-corrected chi connectivity index (χ4v) is 3.47. The van der Waals surface area contributed by atoms with E-state index in [4.69, 9.17) is 30.5 Å². The Morgan fingerprint density at radius 2 is 1.83 bits per heavy atom. The highest BCUT2D eigenvalue weighted by Crippen LogP contribution is 2.38. The predicted octanol–water partition coefficient (Wildman–Crippen LogP) is 1.28. The summed E-state index contributed by atoms with van der Waals surface area (Å²) in [5.74, 6) is -1.86. The lowest BCUT2D eigenvalue weighted by molar-refractivity contribution is -0.166. The van der Waals surface area contributed by atoms with Crippen LogP contribution < -0.4 is 0 Å². The topological polar surface area (TPSA) is 143 Å². The molecule has 0 radical (unpaired) electrons. The largest absolute Gasteiger partial charge is 0.463 e. The molecule has 30 heavy (non-hydrogen) atoms. The Bertz CT molecular complexity index is 1050. The molecule has 0 aromatic carbocycles. The minimum atomic E-state index is -1.11. The van der Waals surface area contributed by atoms with Gasteiger partial charge in [-0.05, 0) is 0 Å². The number of aromatic nitrogens is 3. The Kier molecular flexibility index (Phi) is 6.19. The molecule has 0 amide bonds. The van der Waals surface area contributed by atoms with Gasteiger partial charge in [0, 0.05) is 27.0 Å². The quantitative estimate of drug-likeness (QED) is 0.382. The maximum absolute atomic E-state index is 11.7. The summed E-state index contributed by atoms with van der Waals surface area (Å²) in [7, 11) is 0. The maximum Gasteiger partial charge on any atom is 0.303 e. The van der Waals surface area contributed by atoms with Gasteiger partial charge in [0.2, 0.25) is 0 Å². The Balaban J connectivity index is 2.09. The molecule has 0 N–H and O–H groups in total. The van der Waals surface area contributed by atoms with Gasteiger partial charge < -0.3 is 23.5 Å². The van der Waals surface area contributed by atoms with E-state index in [-0.39, 0.29) is 23.0 Å². The second kappa shape index (κ2) is 8.64. The summed E-state index contributed by atoms with van der Waals surface area (Å²) in [5, 5.41) is 9.82. The number of halogens is 1. The number of carbonyl (C=O) groups excluding carboxylic acids is 3. The number of hydrogen-bond donors (Lipinski definition) is 0. The minimum Gasteiger partial charge on any atom is -0.463 e. The normalized spacial score (nSPS) is 23.0. The van der Waals surface area contributed by atoms with Crippen LogP contribution >= 0.6 is 11.6 Å². The van der Waals surface area contributed by atoms with Crippen LogP contribution in [0.4, 0.5) is 0 Å². The molecule has 158 valence electrons. The van der Waals surface area contributed by atoms with Gasteiger partial charge in [-0.25, -0.2) is 9.97 Å². The molecule has 1 aliphatic heterocycles. The molecule has 1 saturated heterocycles. The highest BCUT2D eigenvalue weighted by molar-refractivity contribution is 6.34. The molecule has 1 aliphatic rings. The number of ether oxygens (including phenoxy) is 4. The lowest BCUT2D eigenvalue weighted by atomic mass is 10.1. The van der Waals surface area contributed by atoms with Crippen LogP contribution in [0.25, 0.3) is 11.0 Å². The van der Waals surface area contributed by atoms with Gasteiger partial charge >= 0.3 is 17.9 Å². The zero-order valence-electron chi connectivity index (χ0n) is 16.2. The minimum absolute atomic E-state index is 0.0605. The number of nitriles is 1. The molecule has 0 aliphatic carbocycles. The van der Waals surface area contributed by atoms with E-state index in [0.29, 0.717) is 5.39 Å². The van der Waals surface area contributed by atoms with E-state index in [0.717, 1.165) is 0 Å². The zero-order valence-corrected chi connectivity index (χ0v) is 17.0. The fourth-order valence-electron chi connectivity index (χ4n) is 3.24. The monoisotopic (exact) mass is 436 g/mol. The second-order valence-corrected chi connectivity index (χ2v) is 6.80. The average molecular weight is 437 g/mol. The van der Waals surface area contributed by atoms with Gasteiger partial charge in [-0.2, -0.15) is 5.26 Å². The van der Waals surface area contributed by atoms with Crippen LogP contribution in [0.5, 0.6) is 0 Å². The highest BCUT2D eigenvalue weighted by atomic mass is 35.5. The van der Waals surface area contributed by atoms with Gasteiger partial charge in [-0.15, -0.1) is 0 Å². The molecule has 3 heterocycles. The number of carbonyl (C=O) groups is 3. The predicted molar refractivity (Wildman–Crippen MR) is 98.9 cm³/mol. The van der Waals surface area contributed by atoms with E-state index in [2.05, 4.69) is 9.97 Å². The Labute approximate surface area is 175 Å². The van der Waals surface area contributed by atoms with Crippen molar-refractivity contribution in [3.8, 4) is 6.07 Å². The van der Waals surface area contributed by atoms with Crippen molar-refractivity contribution in [2.75, 3.05) is 6.61 Å². The Morgan fingerprint density at radius 1 is 1.17 bits per heavy atom. The third-order valence-corrected chi connectivity index (χ3v) is 4.58. The summed E-state index contributed by atoms with van der Waals surface area (Å²) < 4.78 is 23.1. The molecule has 0 saturated carbocycles. The maximum atomic E-state index is 11.7. The summed E-state index contributed by atoms with van der Waals surface area (Å²) in [6.07, 6.45) is -1.54. The molecule has 11 nitrogen and oxygen atoms in total. The van der Waals surface area contributed by atoms with Gasteiger partial charge in [0.15, 0.2) is 18.4 Å². The Morgan fingerprint density at radius 3 is 2.43 bits per heavy atom. The van der Waals surface area contributed by atoms with Crippen LogP contribution in [0.1, 0.15) is 32.6 Å². The first kappa shape index (κ1) is 21.5. The van der Waals surface area contributed by atoms with Crippen LogP contribution in [0.15, 0.2) is 12.5 Å². The molecule has 1 unspecified atom stereocenters. The molecule has 12 heteroatoms. The first-order valence-corrected chi connectivity index (χ1v) is 9.15. The van der Waals surface area contributed by atoms with Crippen molar-refractivity contribution in [2.45, 2.75) is 45.3 Å². The van der Waals surface area contributed by atoms with Gasteiger partial charge in [0.1, 0.15) is 35.9 Å². The van der Waals surface area contributed by atoms with Crippen LogP contribution in [0, 0.1) is 11.3 Å². The molecule has 2 aromatic rings. The molecule has 0 spiro atoms. The second-order valence-electron chi connectivity index (χ2n) is 6.44. The smallest absolute Gasteiger partial charge is 0.303 e. The van der Waals surface area contributed by atoms with Gasteiger partial charge in [0.05, 0.1) is 10.9 Å². The van der Waals surface area contributed by atoms with Crippen molar-refractivity contribution in [1.82, 2.24) is 14.5 Å². The number of esters is 3. The lowest BCUT2D eigenvalue weighted by Crippen LogP contribution is -2.40. The summed E-state index contributed by atoms with van der Waals surface area (Å²) in [5.41, 5.74) is 0.427. The standard InChI is InChI=1S/C18H17ClN4O7/c1-8(24)27-6-12-14(28-9(2)25)15(29-10(3)26)18(30-12)23-5-11(4-20)13-16(19)21-7-22-17(13)23/h5,7,12,14-15,18H,6H2,1-3H3/t12-,14-,15-,18?/m1/s1. The number of hydrogen-bond acceptors (Lipinski definition) is 10. The molecule has 2 aromatic heterocycles. The van der Waals surface area contributed by atoms with Crippen LogP contribution in [-0.4, -0.2) is 57.4 Å². The van der Waals surface area contributed by atoms with Crippen molar-refractivity contribution < 1.29 is 33.3 Å². The summed E-state index contributed by atoms with van der Waals surface area (Å²) in [6.45, 7) is 3.34. The van der Waals surface area contributed by atoms with Crippen molar-refractivity contribution >= 4 is 40.5 Å². The summed E-state index contributed by atoms with van der Waals surface area (Å²) in [4.78, 5) is 42.7. The molecule has 4 atom stereocenters. The average Bonchev–Trinajstić information content (AvgIpc) is 3.19. The number of nitrogens with zero attached hydrogens (tertiary/aromatic N) is 4. The lowest BCUT2D eigenvalue weighted by Gasteiger charge is -2.24. The summed E-state index contributed by atoms with van der Waals surface area (Å²) in [6, 6.07) is 2.00. The highest BCUT2D eigenvalue weighted by Gasteiger charge is 2.51. The van der Waals surface area contributed by atoms with Crippen molar-refractivity contribution in [1.29, 1.82) is 5.26 Å². The van der Waals surface area contributed by atoms with Gasteiger partial charge in [-0.1, -0.05) is 11.6 Å². The fraction of sp³-hybridized carbons (Fsp3) is 0.444. The van der Waals surface area contributed by atoms with Gasteiger partial charge in [0.25, 0.3) is 0 Å². The SMILES string of the molecule is CC(=O)OC[C@H]1OC(n2cc(C#N)c3c(Cl)ncnc32)[C@H](OC(C)=O)[C@@H]1OC(C)=O. The third-order valence-electron chi connectivity index (χ3n) is 4.30. The van der Waals surface area contributed by atoms with Crippen LogP contribution in [0.2, 0.25) is 5.15 Å². The van der Waals surface area contributed by atoms with E-state index < -0.39 is 42.4 Å². The molecular weight excluding hydrogens is 420 g/mol. The molecule has 0 bridgehead atoms. The van der Waals surface area contributed by atoms with Crippen molar-refractivity contribution in [3.63, 3.8) is 0 Å². The van der Waals surface area contributed by atoms with E-state index in [1.807, 2.05) is 6.07 Å². The third kappa shape index (κ3) is 4.19. The van der Waals surface area contributed by atoms with Gasteiger partial charge in [-0.3, -0.25) is 14.4 Å². The first-order valence-electron chi connectivity index (χ1n) is 8.77. The van der Waals surface area contributed by atoms with E-state index >= 15 is 0 Å². The van der Waals surface area contributed by atoms with Crippen LogP contribution in [-0.2, 0) is 33.3 Å². The number of fused-ring (bicyclic) bond motifs is 1. The summed E-state index contributed by atoms with van der Waals surface area (Å²) >= 11 is 6.12. The number of rotatable bonds is 5. The van der Waals surface area contributed by atoms with Crippen molar-refractivity contribution in [2.24, 2.45) is 0 Å². The van der Waals surface area contributed by atoms with Crippen LogP contribution in [0.3, 0.4) is 0 Å². The first-order chi connectivity index (χ1) is 14.2. The molecule has 1 fully saturated rings. The van der Waals surface area contributed by atoms with E-state index in [1.165, 1.54) is 37.9 Å². The zero-order chi connectivity index (χ0) is 22.0. The van der Waals surface area contributed by atoms with Crippen molar-refractivity contribution in [3.05, 3.63) is 23.2 Å². The van der Waals surface area contributed by atoms with E-state index in [1.54, 1.807) is 0 Å². The van der Waals surface area contributed by atoms with E-state index in [9.17, 15) is 19.6 Å². The molecule has 3 rings (SSSR count). The Hall–Kier alpha value is -3.23. The molecular formula is C18H17ClN4O7.